The largest absolute Gasteiger partial charge is 0.495 e. The zero-order valence-electron chi connectivity index (χ0n) is 16.1. The molecule has 4 rings (SSSR count). The highest BCUT2D eigenvalue weighted by Gasteiger charge is 2.39. The number of fused-ring (bicyclic) bond motifs is 1. The van der Waals surface area contributed by atoms with Crippen LogP contribution in [0.4, 0.5) is 0 Å². The first kappa shape index (κ1) is 20.3. The third-order valence-corrected chi connectivity index (χ3v) is 9.28. The fourth-order valence-corrected chi connectivity index (χ4v) is 7.50. The maximum absolute atomic E-state index is 13.0. The number of aromatic nitrogens is 1. The van der Waals surface area contributed by atoms with E-state index in [0.29, 0.717) is 30.7 Å². The van der Waals surface area contributed by atoms with Crippen LogP contribution < -0.4 is 9.54 Å². The van der Waals surface area contributed by atoms with Crippen molar-refractivity contribution in [3.05, 3.63) is 40.5 Å². The molecule has 2 aromatic heterocycles. The van der Waals surface area contributed by atoms with Gasteiger partial charge in [-0.3, -0.25) is 4.79 Å². The Bertz CT molecular complexity index is 1210. The van der Waals surface area contributed by atoms with Crippen molar-refractivity contribution in [2.24, 2.45) is 4.99 Å². The Morgan fingerprint density at radius 1 is 1.31 bits per heavy atom. The highest BCUT2D eigenvalue weighted by Crippen LogP contribution is 2.30. The molecule has 29 heavy (non-hydrogen) atoms. The van der Waals surface area contributed by atoms with Gasteiger partial charge in [-0.15, -0.1) is 11.3 Å². The molecule has 7 nitrogen and oxygen atoms in total. The number of rotatable bonds is 5. The number of benzene rings is 1. The number of carbonyl (C=O) groups excluding carboxylic acids is 1. The van der Waals surface area contributed by atoms with Crippen LogP contribution in [-0.2, 0) is 21.4 Å². The van der Waals surface area contributed by atoms with Crippen molar-refractivity contribution in [1.82, 2.24) is 8.87 Å². The number of amides is 1. The van der Waals surface area contributed by atoms with Gasteiger partial charge in [-0.25, -0.2) is 8.42 Å². The van der Waals surface area contributed by atoms with Crippen molar-refractivity contribution in [2.75, 3.05) is 13.7 Å². The Hall–Kier alpha value is -2.01. The summed E-state index contributed by atoms with van der Waals surface area (Å²) in [5.41, 5.74) is 0.892. The van der Waals surface area contributed by atoms with E-state index in [2.05, 4.69) is 4.99 Å². The Balaban J connectivity index is 1.74. The minimum atomic E-state index is -3.69. The Labute approximate surface area is 176 Å². The zero-order chi connectivity index (χ0) is 20.6. The maximum Gasteiger partial charge on any atom is 0.266 e. The molecule has 0 N–H and O–H groups in total. The summed E-state index contributed by atoms with van der Waals surface area (Å²) in [6.45, 7) is 2.93. The van der Waals surface area contributed by atoms with Gasteiger partial charge in [-0.05, 0) is 43.3 Å². The van der Waals surface area contributed by atoms with Gasteiger partial charge >= 0.3 is 0 Å². The third kappa shape index (κ3) is 3.54. The van der Waals surface area contributed by atoms with Crippen LogP contribution in [0.3, 0.4) is 0 Å². The number of thiophene rings is 1. The highest BCUT2D eigenvalue weighted by atomic mass is 32.2. The summed E-state index contributed by atoms with van der Waals surface area (Å²) in [4.78, 5) is 17.9. The van der Waals surface area contributed by atoms with Gasteiger partial charge in [0.25, 0.3) is 15.9 Å². The summed E-state index contributed by atoms with van der Waals surface area (Å²) in [6.07, 6.45) is 1.12. The van der Waals surface area contributed by atoms with E-state index in [0.717, 1.165) is 27.3 Å². The Morgan fingerprint density at radius 3 is 2.83 bits per heavy atom. The lowest BCUT2D eigenvalue weighted by molar-refractivity contribution is -0.121. The molecule has 1 atom stereocenters. The van der Waals surface area contributed by atoms with Crippen LogP contribution in [0.2, 0.25) is 0 Å². The van der Waals surface area contributed by atoms with Crippen LogP contribution in [0, 0.1) is 0 Å². The molecule has 10 heteroatoms. The molecule has 1 aromatic carbocycles. The SMILES string of the molecule is CCn1c(=NC(=O)C2CCCN2S(=O)(=O)c2cccs2)sc2cccc(OC)c21. The van der Waals surface area contributed by atoms with E-state index in [9.17, 15) is 13.2 Å². The van der Waals surface area contributed by atoms with Crippen LogP contribution in [0.1, 0.15) is 19.8 Å². The average molecular weight is 452 g/mol. The number of sulfonamides is 1. The first-order chi connectivity index (χ1) is 14.0. The van der Waals surface area contributed by atoms with Gasteiger partial charge in [0.05, 0.1) is 11.8 Å². The van der Waals surface area contributed by atoms with Crippen LogP contribution in [0.25, 0.3) is 10.2 Å². The molecular formula is C19H21N3O4S3. The van der Waals surface area contributed by atoms with Crippen molar-refractivity contribution < 1.29 is 17.9 Å². The van der Waals surface area contributed by atoms with E-state index in [1.165, 1.54) is 15.6 Å². The zero-order valence-corrected chi connectivity index (χ0v) is 18.5. The number of carbonyl (C=O) groups is 1. The Morgan fingerprint density at radius 2 is 2.14 bits per heavy atom. The van der Waals surface area contributed by atoms with Gasteiger partial charge < -0.3 is 9.30 Å². The van der Waals surface area contributed by atoms with Gasteiger partial charge in [0, 0.05) is 13.1 Å². The predicted octanol–water partition coefficient (Wildman–Crippen LogP) is 3.07. The highest BCUT2D eigenvalue weighted by molar-refractivity contribution is 7.91. The standard InChI is InChI=1S/C19H21N3O4S3/c1-3-21-17-14(26-2)8-4-9-15(17)28-19(21)20-18(23)13-7-5-11-22(13)29(24,25)16-10-6-12-27-16/h4,6,8-10,12-13H,3,5,7,11H2,1-2H3. The van der Waals surface area contributed by atoms with E-state index in [4.69, 9.17) is 4.74 Å². The molecule has 0 bridgehead atoms. The number of thiazole rings is 1. The molecular weight excluding hydrogens is 430 g/mol. The van der Waals surface area contributed by atoms with Crippen molar-refractivity contribution in [2.45, 2.75) is 36.6 Å². The van der Waals surface area contributed by atoms with Crippen LogP contribution in [-0.4, -0.2) is 42.9 Å². The number of hydrogen-bond donors (Lipinski definition) is 0. The lowest BCUT2D eigenvalue weighted by Crippen LogP contribution is -2.40. The van der Waals surface area contributed by atoms with Crippen LogP contribution in [0.15, 0.2) is 44.9 Å². The molecule has 1 fully saturated rings. The number of hydrogen-bond acceptors (Lipinski definition) is 6. The molecule has 3 aromatic rings. The molecule has 0 saturated carbocycles. The van der Waals surface area contributed by atoms with Crippen molar-refractivity contribution in [3.63, 3.8) is 0 Å². The lowest BCUT2D eigenvalue weighted by atomic mass is 10.2. The third-order valence-electron chi connectivity index (χ3n) is 4.95. The molecule has 154 valence electrons. The number of nitrogens with zero attached hydrogens (tertiary/aromatic N) is 3. The molecule has 0 aliphatic carbocycles. The quantitative estimate of drug-likeness (QED) is 0.597. The van der Waals surface area contributed by atoms with Gasteiger partial charge in [0.2, 0.25) is 0 Å². The van der Waals surface area contributed by atoms with Gasteiger partial charge in [0.1, 0.15) is 21.5 Å². The molecule has 1 aliphatic rings. The normalized spacial score (nSPS) is 18.6. The van der Waals surface area contributed by atoms with Gasteiger partial charge in [0.15, 0.2) is 4.80 Å². The van der Waals surface area contributed by atoms with Crippen LogP contribution in [0.5, 0.6) is 5.75 Å². The van der Waals surface area contributed by atoms with E-state index in [1.54, 1.807) is 24.6 Å². The smallest absolute Gasteiger partial charge is 0.266 e. The van der Waals surface area contributed by atoms with E-state index < -0.39 is 22.0 Å². The van der Waals surface area contributed by atoms with Crippen molar-refractivity contribution >= 4 is 48.8 Å². The first-order valence-electron chi connectivity index (χ1n) is 9.27. The monoisotopic (exact) mass is 451 g/mol. The second-order valence-corrected chi connectivity index (χ2v) is 10.7. The maximum atomic E-state index is 13.0. The average Bonchev–Trinajstić information content (AvgIpc) is 3.46. The van der Waals surface area contributed by atoms with Crippen molar-refractivity contribution in [3.8, 4) is 5.75 Å². The van der Waals surface area contributed by atoms with E-state index in [1.807, 2.05) is 29.7 Å². The van der Waals surface area contributed by atoms with E-state index >= 15 is 0 Å². The summed E-state index contributed by atoms with van der Waals surface area (Å²) in [7, 11) is -2.07. The molecule has 3 heterocycles. The number of methoxy groups -OCH3 is 1. The molecule has 1 amide bonds. The fourth-order valence-electron chi connectivity index (χ4n) is 3.61. The number of aryl methyl sites for hydroxylation is 1. The summed E-state index contributed by atoms with van der Waals surface area (Å²) >= 11 is 2.56. The summed E-state index contributed by atoms with van der Waals surface area (Å²) in [6, 6.07) is 8.24. The topological polar surface area (TPSA) is 81.0 Å². The second-order valence-electron chi connectivity index (χ2n) is 6.59. The molecule has 0 spiro atoms. The summed E-state index contributed by atoms with van der Waals surface area (Å²) in [5.74, 6) is 0.299. The molecule has 1 unspecified atom stereocenters. The van der Waals surface area contributed by atoms with Crippen LogP contribution >= 0.6 is 22.7 Å². The minimum absolute atomic E-state index is 0.257. The van der Waals surface area contributed by atoms with Gasteiger partial charge in [-0.2, -0.15) is 9.30 Å². The predicted molar refractivity (Wildman–Crippen MR) is 114 cm³/mol. The minimum Gasteiger partial charge on any atom is -0.495 e. The number of para-hydroxylation sites is 1. The fraction of sp³-hybridized carbons (Fsp3) is 0.368. The first-order valence-corrected chi connectivity index (χ1v) is 12.4. The lowest BCUT2D eigenvalue weighted by Gasteiger charge is -2.20. The Kier molecular flexibility index (Phi) is 5.60. The second kappa shape index (κ2) is 8.02. The molecule has 1 aliphatic heterocycles. The summed E-state index contributed by atoms with van der Waals surface area (Å²) in [5, 5.41) is 1.72. The summed E-state index contributed by atoms with van der Waals surface area (Å²) < 4.78 is 35.8. The molecule has 1 saturated heterocycles. The van der Waals surface area contributed by atoms with Crippen molar-refractivity contribution in [1.29, 1.82) is 0 Å². The van der Waals surface area contributed by atoms with E-state index in [-0.39, 0.29) is 4.21 Å². The molecule has 0 radical (unpaired) electrons. The van der Waals surface area contributed by atoms with Gasteiger partial charge in [-0.1, -0.05) is 23.5 Å². The number of ether oxygens (including phenoxy) is 1.